The number of nitrogens with zero attached hydrogens (tertiary/aromatic N) is 3. The van der Waals surface area contributed by atoms with Crippen LogP contribution < -0.4 is 5.73 Å². The zero-order chi connectivity index (χ0) is 12.4. The fourth-order valence-electron chi connectivity index (χ4n) is 1.37. The summed E-state index contributed by atoms with van der Waals surface area (Å²) in [6, 6.07) is 6.55. The Labute approximate surface area is 105 Å². The number of nitrogens with two attached hydrogens (primary N) is 1. The number of carboxylic acids is 1. The second-order valence-corrected chi connectivity index (χ2v) is 4.11. The first-order valence-electron chi connectivity index (χ1n) is 4.74. The number of rotatable bonds is 3. The predicted molar refractivity (Wildman–Crippen MR) is 64.6 cm³/mol. The zero-order valence-corrected chi connectivity index (χ0v) is 10.3. The predicted octanol–water partition coefficient (Wildman–Crippen LogP) is 1.37. The van der Waals surface area contributed by atoms with E-state index >= 15 is 0 Å². The van der Waals surface area contributed by atoms with Gasteiger partial charge in [-0.15, -0.1) is 5.10 Å². The van der Waals surface area contributed by atoms with Crippen molar-refractivity contribution in [2.24, 2.45) is 0 Å². The standard InChI is InChI=1S/C10H9BrN4O2/c11-9-13-10(12)14-15(9)5-6-1-3-7(4-2-6)8(16)17/h1-4H,5H2,(H2,12,14)(H,16,17). The average Bonchev–Trinajstić information content (AvgIpc) is 2.58. The van der Waals surface area contributed by atoms with Crippen LogP contribution in [0, 0.1) is 0 Å². The summed E-state index contributed by atoms with van der Waals surface area (Å²) >= 11 is 3.23. The molecule has 2 rings (SSSR count). The van der Waals surface area contributed by atoms with Crippen molar-refractivity contribution in [3.05, 3.63) is 40.1 Å². The molecule has 7 heteroatoms. The first-order valence-corrected chi connectivity index (χ1v) is 5.53. The van der Waals surface area contributed by atoms with Gasteiger partial charge in [0.25, 0.3) is 0 Å². The molecule has 17 heavy (non-hydrogen) atoms. The molecule has 3 N–H and O–H groups in total. The van der Waals surface area contributed by atoms with E-state index in [2.05, 4.69) is 26.0 Å². The van der Waals surface area contributed by atoms with Crippen LogP contribution in [0.2, 0.25) is 0 Å². The summed E-state index contributed by atoms with van der Waals surface area (Å²) in [5, 5.41) is 12.7. The molecule has 1 heterocycles. The molecule has 1 aromatic heterocycles. The average molecular weight is 297 g/mol. The van der Waals surface area contributed by atoms with Crippen molar-refractivity contribution in [1.29, 1.82) is 0 Å². The summed E-state index contributed by atoms with van der Waals surface area (Å²) in [7, 11) is 0. The van der Waals surface area contributed by atoms with Crippen LogP contribution in [0.15, 0.2) is 29.0 Å². The van der Waals surface area contributed by atoms with Gasteiger partial charge in [-0.2, -0.15) is 4.98 Å². The normalized spacial score (nSPS) is 10.4. The lowest BCUT2D eigenvalue weighted by Gasteiger charge is -2.02. The summed E-state index contributed by atoms with van der Waals surface area (Å²) in [4.78, 5) is 14.6. The van der Waals surface area contributed by atoms with Gasteiger partial charge in [0.05, 0.1) is 12.1 Å². The highest BCUT2D eigenvalue weighted by Gasteiger charge is 2.06. The van der Waals surface area contributed by atoms with Crippen LogP contribution in [0.4, 0.5) is 5.95 Å². The van der Waals surface area contributed by atoms with Crippen LogP contribution in [0.5, 0.6) is 0 Å². The Kier molecular flexibility index (Phi) is 3.10. The van der Waals surface area contributed by atoms with Crippen molar-refractivity contribution in [3.63, 3.8) is 0 Å². The lowest BCUT2D eigenvalue weighted by atomic mass is 10.1. The van der Waals surface area contributed by atoms with Gasteiger partial charge < -0.3 is 10.8 Å². The summed E-state index contributed by atoms with van der Waals surface area (Å²) in [5.74, 6) is -0.748. The Morgan fingerprint density at radius 2 is 2.06 bits per heavy atom. The third kappa shape index (κ3) is 2.62. The Balaban J connectivity index is 2.19. The molecule has 0 unspecified atom stereocenters. The monoisotopic (exact) mass is 296 g/mol. The maximum absolute atomic E-state index is 10.7. The Bertz CT molecular complexity index is 550. The van der Waals surface area contributed by atoms with Crippen LogP contribution >= 0.6 is 15.9 Å². The first-order chi connectivity index (χ1) is 8.06. The van der Waals surface area contributed by atoms with E-state index in [1.54, 1.807) is 28.9 Å². The molecule has 0 amide bonds. The van der Waals surface area contributed by atoms with Gasteiger partial charge >= 0.3 is 5.97 Å². The topological polar surface area (TPSA) is 94.0 Å². The molecule has 0 radical (unpaired) electrons. The molecule has 88 valence electrons. The van der Waals surface area contributed by atoms with Crippen molar-refractivity contribution in [1.82, 2.24) is 14.8 Å². The Morgan fingerprint density at radius 3 is 2.53 bits per heavy atom. The number of anilines is 1. The number of halogens is 1. The highest BCUT2D eigenvalue weighted by atomic mass is 79.9. The van der Waals surface area contributed by atoms with Crippen molar-refractivity contribution in [2.45, 2.75) is 6.54 Å². The van der Waals surface area contributed by atoms with Gasteiger partial charge in [-0.25, -0.2) is 9.48 Å². The Morgan fingerprint density at radius 1 is 1.41 bits per heavy atom. The second-order valence-electron chi connectivity index (χ2n) is 3.40. The first kappa shape index (κ1) is 11.6. The summed E-state index contributed by atoms with van der Waals surface area (Å²) in [6.07, 6.45) is 0. The zero-order valence-electron chi connectivity index (χ0n) is 8.67. The SMILES string of the molecule is Nc1nc(Br)n(Cc2ccc(C(=O)O)cc2)n1. The van der Waals surface area contributed by atoms with Crippen molar-refractivity contribution >= 4 is 27.8 Å². The fourth-order valence-corrected chi connectivity index (χ4v) is 1.75. The lowest BCUT2D eigenvalue weighted by molar-refractivity contribution is 0.0697. The quantitative estimate of drug-likeness (QED) is 0.892. The maximum Gasteiger partial charge on any atom is 0.335 e. The summed E-state index contributed by atoms with van der Waals surface area (Å²) in [6.45, 7) is 0.477. The van der Waals surface area contributed by atoms with E-state index in [0.29, 0.717) is 11.3 Å². The number of nitrogen functional groups attached to an aromatic ring is 1. The van der Waals surface area contributed by atoms with E-state index in [0.717, 1.165) is 5.56 Å². The van der Waals surface area contributed by atoms with Crippen molar-refractivity contribution < 1.29 is 9.90 Å². The summed E-state index contributed by atoms with van der Waals surface area (Å²) < 4.78 is 2.13. The largest absolute Gasteiger partial charge is 0.478 e. The van der Waals surface area contributed by atoms with Crippen molar-refractivity contribution in [2.75, 3.05) is 5.73 Å². The van der Waals surface area contributed by atoms with E-state index < -0.39 is 5.97 Å². The molecular weight excluding hydrogens is 288 g/mol. The van der Waals surface area contributed by atoms with E-state index in [9.17, 15) is 4.79 Å². The van der Waals surface area contributed by atoms with Crippen LogP contribution in [0.3, 0.4) is 0 Å². The van der Waals surface area contributed by atoms with Crippen LogP contribution in [-0.4, -0.2) is 25.8 Å². The lowest BCUT2D eigenvalue weighted by Crippen LogP contribution is -2.03. The number of hydrogen-bond donors (Lipinski definition) is 2. The molecule has 1 aromatic carbocycles. The highest BCUT2D eigenvalue weighted by molar-refractivity contribution is 9.10. The fraction of sp³-hybridized carbons (Fsp3) is 0.100. The molecular formula is C10H9BrN4O2. The molecule has 0 saturated heterocycles. The van der Waals surface area contributed by atoms with Crippen LogP contribution in [0.25, 0.3) is 0 Å². The summed E-state index contributed by atoms with van der Waals surface area (Å²) in [5.41, 5.74) is 6.62. The molecule has 0 aliphatic heterocycles. The van der Waals surface area contributed by atoms with Gasteiger partial charge in [0, 0.05) is 0 Å². The third-order valence-corrected chi connectivity index (χ3v) is 2.76. The molecule has 0 saturated carbocycles. The maximum atomic E-state index is 10.7. The number of aromatic carboxylic acids is 1. The number of aromatic nitrogens is 3. The molecule has 2 aromatic rings. The molecule has 0 aliphatic carbocycles. The van der Waals surface area contributed by atoms with Crippen LogP contribution in [-0.2, 0) is 6.54 Å². The highest BCUT2D eigenvalue weighted by Crippen LogP contribution is 2.12. The molecule has 0 bridgehead atoms. The second kappa shape index (κ2) is 4.54. The number of carbonyl (C=O) groups is 1. The number of carboxylic acid groups (broad SMARTS) is 1. The van der Waals surface area contributed by atoms with Gasteiger partial charge in [-0.3, -0.25) is 0 Å². The minimum Gasteiger partial charge on any atom is -0.478 e. The third-order valence-electron chi connectivity index (χ3n) is 2.18. The smallest absolute Gasteiger partial charge is 0.335 e. The number of benzene rings is 1. The van der Waals surface area contributed by atoms with Gasteiger partial charge in [0.2, 0.25) is 5.95 Å². The molecule has 0 aliphatic rings. The molecule has 0 atom stereocenters. The Hall–Kier alpha value is -1.89. The van der Waals surface area contributed by atoms with Crippen molar-refractivity contribution in [3.8, 4) is 0 Å². The minimum absolute atomic E-state index is 0.194. The molecule has 0 fully saturated rings. The molecule has 6 nitrogen and oxygen atoms in total. The minimum atomic E-state index is -0.942. The van der Waals surface area contributed by atoms with Gasteiger partial charge in [0.1, 0.15) is 0 Å². The van der Waals surface area contributed by atoms with Gasteiger partial charge in [-0.05, 0) is 33.6 Å². The van der Waals surface area contributed by atoms with E-state index in [4.69, 9.17) is 10.8 Å². The number of hydrogen-bond acceptors (Lipinski definition) is 4. The molecule has 0 spiro atoms. The van der Waals surface area contributed by atoms with Gasteiger partial charge in [-0.1, -0.05) is 12.1 Å². The van der Waals surface area contributed by atoms with Crippen LogP contribution in [0.1, 0.15) is 15.9 Å². The van der Waals surface area contributed by atoms with E-state index in [1.165, 1.54) is 0 Å². The van der Waals surface area contributed by atoms with E-state index in [1.807, 2.05) is 0 Å². The van der Waals surface area contributed by atoms with Gasteiger partial charge in [0.15, 0.2) is 4.73 Å². The van der Waals surface area contributed by atoms with E-state index in [-0.39, 0.29) is 11.5 Å².